The van der Waals surface area contributed by atoms with E-state index in [0.717, 1.165) is 170 Å². The van der Waals surface area contributed by atoms with Crippen LogP contribution in [0, 0.1) is 76.4 Å². The third-order valence-corrected chi connectivity index (χ3v) is 30.5. The van der Waals surface area contributed by atoms with E-state index in [0.29, 0.717) is 156 Å². The van der Waals surface area contributed by atoms with Crippen molar-refractivity contribution in [2.45, 2.75) is 325 Å². The number of nitriles is 1. The topological polar surface area (TPSA) is 651 Å². The minimum atomic E-state index is -0.947. The van der Waals surface area contributed by atoms with Crippen molar-refractivity contribution in [2.24, 2.45) is 76.6 Å². The van der Waals surface area contributed by atoms with Gasteiger partial charge in [-0.25, -0.2) is 19.2 Å². The Labute approximate surface area is 867 Å². The summed E-state index contributed by atoms with van der Waals surface area (Å²) >= 11 is 0. The Balaban J connectivity index is 0.000000161. The molecule has 9 aliphatic carbocycles. The van der Waals surface area contributed by atoms with Crippen LogP contribution < -0.4 is 80.6 Å². The summed E-state index contributed by atoms with van der Waals surface area (Å²) in [5.41, 5.74) is 22.3. The van der Waals surface area contributed by atoms with E-state index in [-0.39, 0.29) is 132 Å². The van der Waals surface area contributed by atoms with Crippen LogP contribution in [0.15, 0.2) is 24.3 Å². The molecule has 14 amide bonds. The van der Waals surface area contributed by atoms with E-state index in [4.69, 9.17) is 30.8 Å². The van der Waals surface area contributed by atoms with Crippen molar-refractivity contribution in [1.29, 1.82) is 5.26 Å². The molecule has 4 aromatic rings. The standard InChI is InChI=1S/C23H32N4O5.C22H31N5O4.C22H29N5O3.C15H24N2O4.C14H23N3O4.C9H11NO2.ClH/c1-32-23(31)19(12-15-8-9-24-20(15)28)27-21(29)17(10-13-6-7-13)26-22(30)18-11-14-4-2-3-5-16(14)25-18;23-19(28)16(11-14-7-8-24-20(14)29)26-21(30)17(9-12-5-6-12)27-22(31)18-10-13-3-1-2-4-15(13)25-18;23-12-16(10-15-7-8-24-20(15)28)25-21(29)18(9-13-5-6-13)27-22(30)19-11-14-3-1-2-4-17(14)26-19;1-9(7-10-3-4-10)13(18)17-12(15(20)21-2)8-11-5-6-16-14(11)19;1-21-14(20)11(7-9-4-5-16-12(9)18)17-13(19)10(15)6-8-2-3-8;11-9(12)8-5-6-3-1-2-4-7(6)10-8;/h11,13,15,17,19,25H,2-10,12H2,1H3,(H,24,28)(H,26,30)(H,27,29);10,12,14,16-17,25H,1-9,11H2,(H2,23,28)(H,24,29)(H,26,30)(H,27,31);11,13,15-16,18,26H,1-10H2,(H,24,28)(H,25,29)(H,27,30);9-12H,3-8H2,1-2H3,(H,16,19)(H,17,18);8-11H,2-7,15H2,1H3,(H,16,18)(H,17,19);5,10H,1-4H2,(H,11,12);1H/t15-,17-,19-;14-,16-,17-;15-,16-,18-;9-,11-,12-;9-,10-,11-;;/m00000../s1. The number of esters is 3. The SMILES string of the molecule is COC(=O)[C@H](C[C@@H]1CCNC1=O)NC(=O)[C@@H](C)CC1CC1.COC(=O)[C@H](C[C@@H]1CCNC1=O)NC(=O)[C@@H](N)CC1CC1.COC(=O)[C@H](C[C@@H]1CCNC1=O)NC(=O)[C@H](CC1CC1)NC(=O)c1cc2c([nH]1)CCCC2.Cl.N#C[C@H](C[C@@H]1CCNC1=O)NC(=O)[C@H](CC1CC1)NC(=O)c1cc2c([nH]1)CCCC2.NC(=O)[C@H](C[C@@H]1CCNC1=O)NC(=O)[C@H](CC1CC1)NC(=O)c1cc2c([nH]1)CCCC2.O=C(O)c1cc2c([nH]1)CCCC2. The number of primary amides is 1. The molecule has 5 saturated carbocycles. The molecule has 0 aromatic carbocycles. The van der Waals surface area contributed by atoms with Crippen LogP contribution in [0.25, 0.3) is 0 Å². The van der Waals surface area contributed by atoms with E-state index in [1.165, 1.54) is 69.3 Å². The number of ether oxygens (including phenoxy) is 3. The number of carboxylic acids is 1. The van der Waals surface area contributed by atoms with E-state index in [1.54, 1.807) is 6.07 Å². The summed E-state index contributed by atoms with van der Waals surface area (Å²) in [7, 11) is 3.82. The van der Waals surface area contributed by atoms with Crippen LogP contribution in [0.3, 0.4) is 0 Å². The minimum Gasteiger partial charge on any atom is -0.477 e. The van der Waals surface area contributed by atoms with Gasteiger partial charge in [0.2, 0.25) is 65.0 Å². The molecular weight excluding hydrogens is 1930 g/mol. The van der Waals surface area contributed by atoms with E-state index >= 15 is 0 Å². The summed E-state index contributed by atoms with van der Waals surface area (Å²) in [6.45, 7) is 4.84. The summed E-state index contributed by atoms with van der Waals surface area (Å²) in [4.78, 5) is 232. The Kier molecular flexibility index (Phi) is 42.4. The fourth-order valence-corrected chi connectivity index (χ4v) is 20.8. The molecule has 5 saturated heterocycles. The van der Waals surface area contributed by atoms with Gasteiger partial charge in [-0.05, 0) is 275 Å². The number of carboxylic acid groups (broad SMARTS) is 1. The zero-order valence-corrected chi connectivity index (χ0v) is 86.2. The monoisotopic (exact) mass is 2080 g/mol. The zero-order valence-electron chi connectivity index (χ0n) is 85.4. The highest BCUT2D eigenvalue weighted by Crippen LogP contribution is 2.39. The van der Waals surface area contributed by atoms with Gasteiger partial charge in [-0.3, -0.25) is 67.1 Å². The number of carbonyl (C=O) groups excluding carboxylic acids is 17. The number of hydrogen-bond acceptors (Lipinski definition) is 23. The van der Waals surface area contributed by atoms with Gasteiger partial charge in [0.05, 0.1) is 33.4 Å². The number of hydrogen-bond donors (Lipinski definition) is 20. The van der Waals surface area contributed by atoms with E-state index in [2.05, 4.69) is 95.1 Å². The number of nitrogens with two attached hydrogens (primary N) is 2. The molecule has 18 rings (SSSR count). The molecule has 9 heterocycles. The zero-order chi connectivity index (χ0) is 105. The van der Waals surface area contributed by atoms with Crippen LogP contribution in [0.2, 0.25) is 0 Å². The second-order valence-corrected chi connectivity index (χ2v) is 42.3. The van der Waals surface area contributed by atoms with Crippen molar-refractivity contribution >= 4 is 119 Å². The Bertz CT molecular complexity index is 5250. The van der Waals surface area contributed by atoms with Crippen molar-refractivity contribution < 1.29 is 106 Å². The number of H-pyrrole nitrogens is 4. The Morgan fingerprint density at radius 3 is 0.892 bits per heavy atom. The smallest absolute Gasteiger partial charge is 0.352 e. The lowest BCUT2D eigenvalue weighted by atomic mass is 9.97. The van der Waals surface area contributed by atoms with Gasteiger partial charge >= 0.3 is 23.9 Å². The highest BCUT2D eigenvalue weighted by Gasteiger charge is 2.43. The van der Waals surface area contributed by atoms with Gasteiger partial charge in [0.15, 0.2) is 0 Å². The lowest BCUT2D eigenvalue weighted by Gasteiger charge is -2.23. The molecule has 0 unspecified atom stereocenters. The number of aromatic carboxylic acids is 1. The molecule has 15 atom stereocenters. The van der Waals surface area contributed by atoms with Gasteiger partial charge in [-0.15, -0.1) is 12.4 Å². The molecule has 0 spiro atoms. The molecule has 4 aromatic heterocycles. The number of halogens is 1. The predicted octanol–water partition coefficient (Wildman–Crippen LogP) is 4.51. The number of fused-ring (bicyclic) bond motifs is 4. The average molecular weight is 2080 g/mol. The maximum Gasteiger partial charge on any atom is 0.352 e. The van der Waals surface area contributed by atoms with Crippen LogP contribution in [0.4, 0.5) is 0 Å². The molecule has 22 N–H and O–H groups in total. The van der Waals surface area contributed by atoms with Crippen LogP contribution in [0.5, 0.6) is 0 Å². The first kappa shape index (κ1) is 114. The summed E-state index contributed by atoms with van der Waals surface area (Å²) in [5.74, 6) is -5.36. The minimum absolute atomic E-state index is 0. The number of methoxy groups -OCH3 is 3. The number of aromatic nitrogens is 4. The number of rotatable bonds is 41. The van der Waals surface area contributed by atoms with Gasteiger partial charge in [0.1, 0.15) is 71.1 Å². The average Bonchev–Trinajstić information content (AvgIpc) is 1.68. The van der Waals surface area contributed by atoms with E-state index in [1.807, 2.05) is 25.1 Å². The predicted molar refractivity (Wildman–Crippen MR) is 541 cm³/mol. The van der Waals surface area contributed by atoms with Gasteiger partial charge in [0.25, 0.3) is 17.7 Å². The number of aryl methyl sites for hydroxylation is 8. The van der Waals surface area contributed by atoms with Crippen LogP contribution in [0.1, 0.15) is 306 Å². The number of amides is 14. The molecule has 148 heavy (non-hydrogen) atoms. The number of carbonyl (C=O) groups is 18. The summed E-state index contributed by atoms with van der Waals surface area (Å²) < 4.78 is 14.3. The fourth-order valence-electron chi connectivity index (χ4n) is 20.8. The summed E-state index contributed by atoms with van der Waals surface area (Å²) in [6.07, 6.45) is 35.2. The Morgan fingerprint density at radius 1 is 0.345 bits per heavy atom. The van der Waals surface area contributed by atoms with Crippen LogP contribution in [-0.2, 0) is 133 Å². The van der Waals surface area contributed by atoms with E-state index < -0.39 is 96.0 Å². The molecule has 810 valence electrons. The van der Waals surface area contributed by atoms with E-state index in [9.17, 15) is 91.6 Å². The molecule has 0 radical (unpaired) electrons. The first-order chi connectivity index (χ1) is 70.7. The quantitative estimate of drug-likeness (QED) is 0.0215. The molecule has 10 fully saturated rings. The number of nitrogens with one attached hydrogen (secondary N) is 17. The highest BCUT2D eigenvalue weighted by molar-refractivity contribution is 6.00. The van der Waals surface area contributed by atoms with Gasteiger partial charge in [-0.1, -0.05) is 71.1 Å². The molecule has 43 heteroatoms. The van der Waals surface area contributed by atoms with Crippen molar-refractivity contribution in [3.8, 4) is 6.07 Å². The van der Waals surface area contributed by atoms with Crippen LogP contribution in [-0.4, -0.2) is 240 Å². The van der Waals surface area contributed by atoms with Gasteiger partial charge in [-0.2, -0.15) is 5.26 Å². The maximum atomic E-state index is 13.1. The second-order valence-electron chi connectivity index (χ2n) is 42.3. The van der Waals surface area contributed by atoms with Crippen molar-refractivity contribution in [3.63, 3.8) is 0 Å². The third kappa shape index (κ3) is 34.4. The van der Waals surface area contributed by atoms with Gasteiger partial charge < -0.3 is 120 Å². The Morgan fingerprint density at radius 2 is 0.608 bits per heavy atom. The molecule has 0 bridgehead atoms. The summed E-state index contributed by atoms with van der Waals surface area (Å²) in [5, 5.41) is 54.0. The summed E-state index contributed by atoms with van der Waals surface area (Å²) in [6, 6.07) is 2.53. The first-order valence-corrected chi connectivity index (χ1v) is 53.2. The first-order valence-electron chi connectivity index (χ1n) is 53.2. The number of aromatic amines is 4. The lowest BCUT2D eigenvalue weighted by Crippen LogP contribution is -2.53. The normalized spacial score (nSPS) is 22.0. The third-order valence-electron chi connectivity index (χ3n) is 30.5. The highest BCUT2D eigenvalue weighted by atomic mass is 35.5. The maximum absolute atomic E-state index is 13.1. The van der Waals surface area contributed by atoms with Crippen molar-refractivity contribution in [2.75, 3.05) is 54.1 Å². The number of nitrogens with zero attached hydrogens (tertiary/aromatic N) is 1. The largest absolute Gasteiger partial charge is 0.477 e. The van der Waals surface area contributed by atoms with Crippen molar-refractivity contribution in [3.05, 3.63) is 92.1 Å². The van der Waals surface area contributed by atoms with Gasteiger partial charge in [0, 0.05) is 91.0 Å². The molecular formula is C105H151ClN20O22. The van der Waals surface area contributed by atoms with Crippen molar-refractivity contribution in [1.82, 2.24) is 89.1 Å². The second kappa shape index (κ2) is 55.0. The molecule has 42 nitrogen and oxygen atoms in total. The van der Waals surface area contributed by atoms with Crippen LogP contribution >= 0.6 is 12.4 Å². The molecule has 5 aliphatic heterocycles. The molecule has 14 aliphatic rings. The Hall–Kier alpha value is -12.7. The fraction of sp³-hybridized carbons (Fsp3) is 0.667. The lowest BCUT2D eigenvalue weighted by molar-refractivity contribution is -0.146.